The number of aromatic nitrogens is 1. The van der Waals surface area contributed by atoms with Crippen molar-refractivity contribution in [3.05, 3.63) is 30.0 Å². The van der Waals surface area contributed by atoms with E-state index in [1.54, 1.807) is 20.0 Å². The standard InChI is InChI=1S/C13H16N2O2/c1-13(2,12(16)17)9-15-8-4-6-10-5-3-7-14-11(10)15/h3-7H,8-9H2,1-2H3,(H,16,17). The van der Waals surface area contributed by atoms with Crippen LogP contribution in [0.5, 0.6) is 0 Å². The van der Waals surface area contributed by atoms with Crippen LogP contribution in [0.2, 0.25) is 0 Å². The molecule has 1 aliphatic rings. The number of hydrogen-bond donors (Lipinski definition) is 1. The zero-order valence-electron chi connectivity index (χ0n) is 10.1. The van der Waals surface area contributed by atoms with Crippen molar-refractivity contribution in [1.82, 2.24) is 4.98 Å². The maximum atomic E-state index is 11.1. The van der Waals surface area contributed by atoms with E-state index in [-0.39, 0.29) is 0 Å². The number of anilines is 1. The van der Waals surface area contributed by atoms with E-state index in [4.69, 9.17) is 5.11 Å². The number of nitrogens with zero attached hydrogens (tertiary/aromatic N) is 2. The Labute approximate surface area is 101 Å². The van der Waals surface area contributed by atoms with Crippen LogP contribution in [0.3, 0.4) is 0 Å². The average Bonchev–Trinajstić information content (AvgIpc) is 2.29. The monoisotopic (exact) mass is 232 g/mol. The molecule has 1 aromatic heterocycles. The topological polar surface area (TPSA) is 53.4 Å². The molecule has 0 saturated carbocycles. The minimum absolute atomic E-state index is 0.455. The van der Waals surface area contributed by atoms with Gasteiger partial charge in [0.15, 0.2) is 0 Å². The number of carboxylic acid groups (broad SMARTS) is 1. The first-order valence-electron chi connectivity index (χ1n) is 5.60. The first-order valence-corrected chi connectivity index (χ1v) is 5.60. The van der Waals surface area contributed by atoms with Crippen LogP contribution in [-0.4, -0.2) is 29.1 Å². The molecule has 0 saturated heterocycles. The summed E-state index contributed by atoms with van der Waals surface area (Å²) in [5.41, 5.74) is 0.264. The minimum Gasteiger partial charge on any atom is -0.481 e. The van der Waals surface area contributed by atoms with E-state index in [0.29, 0.717) is 13.1 Å². The summed E-state index contributed by atoms with van der Waals surface area (Å²) in [5, 5.41) is 9.15. The van der Waals surface area contributed by atoms with Crippen molar-refractivity contribution < 1.29 is 9.90 Å². The van der Waals surface area contributed by atoms with Gasteiger partial charge in [0, 0.05) is 24.8 Å². The first kappa shape index (κ1) is 11.6. The highest BCUT2D eigenvalue weighted by atomic mass is 16.4. The number of fused-ring (bicyclic) bond motifs is 1. The van der Waals surface area contributed by atoms with E-state index in [0.717, 1.165) is 11.4 Å². The third-order valence-corrected chi connectivity index (χ3v) is 2.90. The molecule has 2 rings (SSSR count). The highest BCUT2D eigenvalue weighted by molar-refractivity contribution is 5.75. The summed E-state index contributed by atoms with van der Waals surface area (Å²) >= 11 is 0. The van der Waals surface area contributed by atoms with Gasteiger partial charge in [0.1, 0.15) is 5.82 Å². The van der Waals surface area contributed by atoms with E-state index in [1.165, 1.54) is 0 Å². The van der Waals surface area contributed by atoms with E-state index in [2.05, 4.69) is 4.98 Å². The number of aliphatic carboxylic acids is 1. The molecule has 0 amide bonds. The van der Waals surface area contributed by atoms with Crippen LogP contribution in [-0.2, 0) is 4.79 Å². The zero-order chi connectivity index (χ0) is 12.5. The lowest BCUT2D eigenvalue weighted by Gasteiger charge is -2.32. The summed E-state index contributed by atoms with van der Waals surface area (Å²) < 4.78 is 0. The molecule has 4 heteroatoms. The predicted molar refractivity (Wildman–Crippen MR) is 66.9 cm³/mol. The van der Waals surface area contributed by atoms with Gasteiger partial charge in [0.2, 0.25) is 0 Å². The molecule has 90 valence electrons. The number of pyridine rings is 1. The summed E-state index contributed by atoms with van der Waals surface area (Å²) in [7, 11) is 0. The van der Waals surface area contributed by atoms with Gasteiger partial charge in [-0.25, -0.2) is 4.98 Å². The number of rotatable bonds is 3. The summed E-state index contributed by atoms with van der Waals surface area (Å²) in [5.74, 6) is 0.0776. The Bertz CT molecular complexity index is 466. The molecule has 1 N–H and O–H groups in total. The Morgan fingerprint density at radius 1 is 1.59 bits per heavy atom. The van der Waals surface area contributed by atoms with Crippen molar-refractivity contribution >= 4 is 17.9 Å². The molecule has 0 atom stereocenters. The summed E-state index contributed by atoms with van der Waals surface area (Å²) in [4.78, 5) is 17.5. The van der Waals surface area contributed by atoms with Gasteiger partial charge in [-0.05, 0) is 26.0 Å². The lowest BCUT2D eigenvalue weighted by atomic mass is 9.92. The highest BCUT2D eigenvalue weighted by Gasteiger charge is 2.31. The van der Waals surface area contributed by atoms with Crippen LogP contribution in [0, 0.1) is 5.41 Å². The fourth-order valence-electron chi connectivity index (χ4n) is 1.88. The SMILES string of the molecule is CC(C)(CN1CC=Cc2cccnc21)C(=O)O. The Morgan fingerprint density at radius 2 is 2.35 bits per heavy atom. The molecule has 0 spiro atoms. The lowest BCUT2D eigenvalue weighted by molar-refractivity contribution is -0.146. The van der Waals surface area contributed by atoms with Crippen molar-refractivity contribution in [3.8, 4) is 0 Å². The quantitative estimate of drug-likeness (QED) is 0.866. The van der Waals surface area contributed by atoms with Crippen LogP contribution in [0.1, 0.15) is 19.4 Å². The van der Waals surface area contributed by atoms with Crippen molar-refractivity contribution in [3.63, 3.8) is 0 Å². The molecular formula is C13H16N2O2. The number of hydrogen-bond acceptors (Lipinski definition) is 3. The van der Waals surface area contributed by atoms with E-state index in [9.17, 15) is 4.79 Å². The zero-order valence-corrected chi connectivity index (χ0v) is 10.1. The van der Waals surface area contributed by atoms with Gasteiger partial charge in [-0.15, -0.1) is 0 Å². The average molecular weight is 232 g/mol. The molecule has 0 bridgehead atoms. The normalized spacial score (nSPS) is 14.6. The largest absolute Gasteiger partial charge is 0.481 e. The van der Waals surface area contributed by atoms with Crippen molar-refractivity contribution in [2.45, 2.75) is 13.8 Å². The molecule has 0 aliphatic carbocycles. The predicted octanol–water partition coefficient (Wildman–Crippen LogP) is 2.03. The van der Waals surface area contributed by atoms with Crippen LogP contribution in [0.25, 0.3) is 6.08 Å². The first-order chi connectivity index (χ1) is 8.00. The summed E-state index contributed by atoms with van der Waals surface area (Å²) in [6, 6.07) is 3.87. The smallest absolute Gasteiger partial charge is 0.310 e. The van der Waals surface area contributed by atoms with Crippen molar-refractivity contribution in [1.29, 1.82) is 0 Å². The Balaban J connectivity index is 2.25. The minimum atomic E-state index is -0.787. The molecule has 0 aromatic carbocycles. The Morgan fingerprint density at radius 3 is 3.06 bits per heavy atom. The maximum Gasteiger partial charge on any atom is 0.310 e. The third-order valence-electron chi connectivity index (χ3n) is 2.90. The molecule has 0 radical (unpaired) electrons. The van der Waals surface area contributed by atoms with E-state index >= 15 is 0 Å². The fourth-order valence-corrected chi connectivity index (χ4v) is 1.88. The van der Waals surface area contributed by atoms with Crippen molar-refractivity contribution in [2.75, 3.05) is 18.0 Å². The van der Waals surface area contributed by atoms with Gasteiger partial charge >= 0.3 is 5.97 Å². The molecule has 17 heavy (non-hydrogen) atoms. The highest BCUT2D eigenvalue weighted by Crippen LogP contribution is 2.27. The van der Waals surface area contributed by atoms with Crippen LogP contribution in [0.15, 0.2) is 24.4 Å². The van der Waals surface area contributed by atoms with Gasteiger partial charge < -0.3 is 10.0 Å². The van der Waals surface area contributed by atoms with Gasteiger partial charge in [0.25, 0.3) is 0 Å². The molecule has 0 unspecified atom stereocenters. The van der Waals surface area contributed by atoms with Gasteiger partial charge in [-0.3, -0.25) is 4.79 Å². The number of carbonyl (C=O) groups is 1. The fraction of sp³-hybridized carbons (Fsp3) is 0.385. The molecule has 4 nitrogen and oxygen atoms in total. The van der Waals surface area contributed by atoms with Crippen LogP contribution in [0.4, 0.5) is 5.82 Å². The van der Waals surface area contributed by atoms with Crippen molar-refractivity contribution in [2.24, 2.45) is 5.41 Å². The summed E-state index contributed by atoms with van der Waals surface area (Å²) in [6.07, 6.45) is 5.79. The Kier molecular flexibility index (Phi) is 2.88. The van der Waals surface area contributed by atoms with E-state index < -0.39 is 11.4 Å². The van der Waals surface area contributed by atoms with E-state index in [1.807, 2.05) is 29.2 Å². The third kappa shape index (κ3) is 2.30. The van der Waals surface area contributed by atoms with Gasteiger partial charge in [-0.2, -0.15) is 0 Å². The second kappa shape index (κ2) is 4.20. The second-order valence-electron chi connectivity index (χ2n) is 4.89. The molecule has 2 heterocycles. The molecule has 0 fully saturated rings. The second-order valence-corrected chi connectivity index (χ2v) is 4.89. The molecule has 1 aromatic rings. The Hall–Kier alpha value is -1.84. The van der Waals surface area contributed by atoms with Crippen LogP contribution < -0.4 is 4.90 Å². The summed E-state index contributed by atoms with van der Waals surface area (Å²) in [6.45, 7) is 4.63. The van der Waals surface area contributed by atoms with Gasteiger partial charge in [-0.1, -0.05) is 12.2 Å². The van der Waals surface area contributed by atoms with Crippen LogP contribution >= 0.6 is 0 Å². The number of carboxylic acids is 1. The maximum absolute atomic E-state index is 11.1. The molecular weight excluding hydrogens is 216 g/mol. The lowest BCUT2D eigenvalue weighted by Crippen LogP contribution is -2.40. The van der Waals surface area contributed by atoms with Gasteiger partial charge in [0.05, 0.1) is 5.41 Å². The molecule has 1 aliphatic heterocycles.